The Morgan fingerprint density at radius 3 is 2.84 bits per heavy atom. The van der Waals surface area contributed by atoms with Crippen LogP contribution in [0.4, 0.5) is 0 Å². The van der Waals surface area contributed by atoms with Gasteiger partial charge in [-0.25, -0.2) is 0 Å². The van der Waals surface area contributed by atoms with Crippen molar-refractivity contribution in [3.8, 4) is 0 Å². The van der Waals surface area contributed by atoms with Crippen molar-refractivity contribution in [2.75, 3.05) is 32.7 Å². The summed E-state index contributed by atoms with van der Waals surface area (Å²) in [6, 6.07) is 11.2. The van der Waals surface area contributed by atoms with Crippen LogP contribution in [0.3, 0.4) is 0 Å². The van der Waals surface area contributed by atoms with Gasteiger partial charge in [0.1, 0.15) is 0 Å². The molecule has 4 nitrogen and oxygen atoms in total. The van der Waals surface area contributed by atoms with Gasteiger partial charge < -0.3 is 15.5 Å². The minimum absolute atomic E-state index is 0. The molecule has 2 aliphatic rings. The highest BCUT2D eigenvalue weighted by Gasteiger charge is 2.27. The summed E-state index contributed by atoms with van der Waals surface area (Å²) in [6.07, 6.45) is 4.27. The van der Waals surface area contributed by atoms with Crippen molar-refractivity contribution >= 4 is 18.3 Å². The Morgan fingerprint density at radius 2 is 2.08 bits per heavy atom. The first-order chi connectivity index (χ1) is 11.7. The van der Waals surface area contributed by atoms with Crippen LogP contribution in [-0.2, 0) is 11.2 Å². The fraction of sp³-hybridized carbons (Fsp3) is 0.650. The van der Waals surface area contributed by atoms with Gasteiger partial charge in [-0.15, -0.1) is 12.4 Å². The molecular formula is C20H32ClN3O. The van der Waals surface area contributed by atoms with Gasteiger partial charge in [-0.2, -0.15) is 0 Å². The smallest absolute Gasteiger partial charge is 0.223 e. The molecular weight excluding hydrogens is 334 g/mol. The molecule has 1 amide bonds. The van der Waals surface area contributed by atoms with Crippen molar-refractivity contribution in [2.24, 2.45) is 11.8 Å². The standard InChI is InChI=1S/C20H31N3O.ClH/c1-16-13-19(7-10-21-16)20(24)22-14-18-9-12-23(15-18)11-8-17-5-3-2-4-6-17;/h2-6,16,18-19,21H,7-15H2,1H3,(H,22,24);1H/t16-,18?,19-;/m0./s1. The first-order valence-corrected chi connectivity index (χ1v) is 9.48. The molecule has 0 aliphatic carbocycles. The summed E-state index contributed by atoms with van der Waals surface area (Å²) in [5.74, 6) is 1.09. The molecule has 140 valence electrons. The molecule has 0 radical (unpaired) electrons. The largest absolute Gasteiger partial charge is 0.356 e. The van der Waals surface area contributed by atoms with E-state index in [4.69, 9.17) is 0 Å². The van der Waals surface area contributed by atoms with Gasteiger partial charge in [0.05, 0.1) is 0 Å². The lowest BCUT2D eigenvalue weighted by molar-refractivity contribution is -0.126. The van der Waals surface area contributed by atoms with Crippen molar-refractivity contribution in [1.82, 2.24) is 15.5 Å². The summed E-state index contributed by atoms with van der Waals surface area (Å²) in [5, 5.41) is 6.63. The average Bonchev–Trinajstić information content (AvgIpc) is 3.07. The van der Waals surface area contributed by atoms with Crippen LogP contribution >= 0.6 is 12.4 Å². The molecule has 25 heavy (non-hydrogen) atoms. The van der Waals surface area contributed by atoms with E-state index in [9.17, 15) is 4.79 Å². The quantitative estimate of drug-likeness (QED) is 0.814. The van der Waals surface area contributed by atoms with Crippen molar-refractivity contribution in [3.63, 3.8) is 0 Å². The van der Waals surface area contributed by atoms with Crippen LogP contribution < -0.4 is 10.6 Å². The van der Waals surface area contributed by atoms with E-state index in [2.05, 4.69) is 52.8 Å². The molecule has 1 unspecified atom stereocenters. The third-order valence-corrected chi connectivity index (χ3v) is 5.49. The Labute approximate surface area is 158 Å². The maximum Gasteiger partial charge on any atom is 0.223 e. The third kappa shape index (κ3) is 6.28. The minimum atomic E-state index is 0. The molecule has 2 N–H and O–H groups in total. The van der Waals surface area contributed by atoms with Gasteiger partial charge >= 0.3 is 0 Å². The SMILES string of the molecule is C[C@H]1C[C@@H](C(=O)NCC2CCN(CCc3ccccc3)C2)CCN1.Cl. The fourth-order valence-corrected chi connectivity index (χ4v) is 3.97. The molecule has 2 saturated heterocycles. The number of likely N-dealkylation sites (tertiary alicyclic amines) is 1. The third-order valence-electron chi connectivity index (χ3n) is 5.49. The highest BCUT2D eigenvalue weighted by molar-refractivity contribution is 5.85. The zero-order valence-corrected chi connectivity index (χ0v) is 16.1. The molecule has 0 bridgehead atoms. The zero-order valence-electron chi connectivity index (χ0n) is 15.2. The van der Waals surface area contributed by atoms with Gasteiger partial charge in [0, 0.05) is 31.6 Å². The number of piperidine rings is 1. The van der Waals surface area contributed by atoms with Crippen LogP contribution in [0.15, 0.2) is 30.3 Å². The van der Waals surface area contributed by atoms with Crippen molar-refractivity contribution < 1.29 is 4.79 Å². The maximum absolute atomic E-state index is 12.3. The summed E-state index contributed by atoms with van der Waals surface area (Å²) >= 11 is 0. The Morgan fingerprint density at radius 1 is 1.28 bits per heavy atom. The van der Waals surface area contributed by atoms with E-state index in [0.29, 0.717) is 12.0 Å². The molecule has 2 heterocycles. The second-order valence-electron chi connectivity index (χ2n) is 7.51. The van der Waals surface area contributed by atoms with E-state index in [0.717, 1.165) is 52.0 Å². The maximum atomic E-state index is 12.3. The number of nitrogens with one attached hydrogen (secondary N) is 2. The summed E-state index contributed by atoms with van der Waals surface area (Å²) < 4.78 is 0. The number of hydrogen-bond donors (Lipinski definition) is 2. The Balaban J connectivity index is 0.00000225. The number of amides is 1. The van der Waals surface area contributed by atoms with E-state index in [-0.39, 0.29) is 24.2 Å². The highest BCUT2D eigenvalue weighted by Crippen LogP contribution is 2.18. The molecule has 0 saturated carbocycles. The molecule has 5 heteroatoms. The summed E-state index contributed by atoms with van der Waals surface area (Å²) in [4.78, 5) is 14.9. The second-order valence-corrected chi connectivity index (χ2v) is 7.51. The number of benzene rings is 1. The van der Waals surface area contributed by atoms with Gasteiger partial charge in [0.25, 0.3) is 0 Å². The van der Waals surface area contributed by atoms with E-state index in [1.54, 1.807) is 0 Å². The number of hydrogen-bond acceptors (Lipinski definition) is 3. The van der Waals surface area contributed by atoms with Crippen LogP contribution in [0.1, 0.15) is 31.7 Å². The number of carbonyl (C=O) groups is 1. The second kappa shape index (κ2) is 10.1. The first kappa shape index (κ1) is 20.2. The van der Waals surface area contributed by atoms with Crippen LogP contribution in [0.25, 0.3) is 0 Å². The molecule has 1 aromatic rings. The van der Waals surface area contributed by atoms with E-state index in [1.165, 1.54) is 12.0 Å². The van der Waals surface area contributed by atoms with E-state index in [1.807, 2.05) is 0 Å². The lowest BCUT2D eigenvalue weighted by Gasteiger charge is -2.27. The zero-order chi connectivity index (χ0) is 16.8. The van der Waals surface area contributed by atoms with Gasteiger partial charge in [-0.05, 0) is 57.2 Å². The topological polar surface area (TPSA) is 44.4 Å². The number of nitrogens with zero attached hydrogens (tertiary/aromatic N) is 1. The molecule has 3 atom stereocenters. The normalized spacial score (nSPS) is 26.8. The van der Waals surface area contributed by atoms with Gasteiger partial charge in [0.2, 0.25) is 5.91 Å². The van der Waals surface area contributed by atoms with E-state index < -0.39 is 0 Å². The monoisotopic (exact) mass is 365 g/mol. The summed E-state index contributed by atoms with van der Waals surface area (Å²) in [7, 11) is 0. The van der Waals surface area contributed by atoms with Crippen LogP contribution in [-0.4, -0.2) is 49.6 Å². The summed E-state index contributed by atoms with van der Waals surface area (Å²) in [6.45, 7) is 7.39. The number of halogens is 1. The number of rotatable bonds is 6. The van der Waals surface area contributed by atoms with E-state index >= 15 is 0 Å². The van der Waals surface area contributed by atoms with Gasteiger partial charge in [-0.1, -0.05) is 30.3 Å². The fourth-order valence-electron chi connectivity index (χ4n) is 3.97. The predicted molar refractivity (Wildman–Crippen MR) is 105 cm³/mol. The van der Waals surface area contributed by atoms with Crippen molar-refractivity contribution in [3.05, 3.63) is 35.9 Å². The minimum Gasteiger partial charge on any atom is -0.356 e. The summed E-state index contributed by atoms with van der Waals surface area (Å²) in [5.41, 5.74) is 1.41. The van der Waals surface area contributed by atoms with Crippen LogP contribution in [0.5, 0.6) is 0 Å². The Kier molecular flexibility index (Phi) is 8.20. The lowest BCUT2D eigenvalue weighted by atomic mass is 9.92. The lowest BCUT2D eigenvalue weighted by Crippen LogP contribution is -2.43. The average molecular weight is 366 g/mol. The van der Waals surface area contributed by atoms with Crippen molar-refractivity contribution in [2.45, 2.75) is 38.6 Å². The first-order valence-electron chi connectivity index (χ1n) is 9.48. The predicted octanol–water partition coefficient (Wildman–Crippen LogP) is 2.48. The Hall–Kier alpha value is -1.10. The molecule has 0 aromatic heterocycles. The molecule has 2 fully saturated rings. The number of carbonyl (C=O) groups excluding carboxylic acids is 1. The van der Waals surface area contributed by atoms with Crippen molar-refractivity contribution in [1.29, 1.82) is 0 Å². The van der Waals surface area contributed by atoms with Crippen LogP contribution in [0.2, 0.25) is 0 Å². The molecule has 3 rings (SSSR count). The molecule has 2 aliphatic heterocycles. The molecule has 0 spiro atoms. The van der Waals surface area contributed by atoms with Crippen LogP contribution in [0, 0.1) is 11.8 Å². The Bertz CT molecular complexity index is 525. The molecule has 1 aromatic carbocycles. The van der Waals surface area contributed by atoms with Gasteiger partial charge in [-0.3, -0.25) is 4.79 Å². The highest BCUT2D eigenvalue weighted by atomic mass is 35.5. The van der Waals surface area contributed by atoms with Gasteiger partial charge in [0.15, 0.2) is 0 Å².